The number of fused-ring (bicyclic) bond motifs is 3. The molecule has 10 heteroatoms. The molecule has 3 aromatic heterocycles. The van der Waals surface area contributed by atoms with Gasteiger partial charge in [-0.25, -0.2) is 9.97 Å². The van der Waals surface area contributed by atoms with Crippen molar-refractivity contribution < 1.29 is 14.3 Å². The predicted molar refractivity (Wildman–Crippen MR) is 179 cm³/mol. The molecule has 0 unspecified atom stereocenters. The Morgan fingerprint density at radius 3 is 2.70 bits per heavy atom. The van der Waals surface area contributed by atoms with Crippen LogP contribution in [0.15, 0.2) is 54.6 Å². The van der Waals surface area contributed by atoms with Crippen LogP contribution in [-0.2, 0) is 20.0 Å². The molecule has 0 radical (unpaired) electrons. The van der Waals surface area contributed by atoms with Gasteiger partial charge >= 0.3 is 0 Å². The Bertz CT molecular complexity index is 1960. The Hall–Kier alpha value is -4.70. The molecular weight excluding hydrogens is 578 g/mol. The topological polar surface area (TPSA) is 120 Å². The molecule has 1 saturated heterocycles. The fraction of sp³-hybridized carbons (Fsp3) is 0.389. The minimum absolute atomic E-state index is 0.00118. The molecule has 46 heavy (non-hydrogen) atoms. The molecule has 7 rings (SSSR count). The second-order valence-corrected chi connectivity index (χ2v) is 12.7. The molecule has 2 bridgehead atoms. The highest BCUT2D eigenvalue weighted by molar-refractivity contribution is 6.00. The second kappa shape index (κ2) is 12.2. The molecule has 2 amide bonds. The molecule has 5 heterocycles. The van der Waals surface area contributed by atoms with Crippen molar-refractivity contribution in [2.24, 2.45) is 12.8 Å². The summed E-state index contributed by atoms with van der Waals surface area (Å²) < 4.78 is 10.1. The van der Waals surface area contributed by atoms with Crippen molar-refractivity contribution in [2.75, 3.05) is 20.2 Å². The molecule has 2 aliphatic heterocycles. The van der Waals surface area contributed by atoms with Gasteiger partial charge in [0.2, 0.25) is 0 Å². The number of methoxy groups -OCH3 is 1. The van der Waals surface area contributed by atoms with Crippen LogP contribution in [0.5, 0.6) is 5.75 Å². The van der Waals surface area contributed by atoms with Gasteiger partial charge in [-0.05, 0) is 81.0 Å². The number of hydrogen-bond acceptors (Lipinski definition) is 6. The van der Waals surface area contributed by atoms with Gasteiger partial charge < -0.3 is 29.8 Å². The number of nitrogens with one attached hydrogen (secondary N) is 1. The zero-order chi connectivity index (χ0) is 31.9. The van der Waals surface area contributed by atoms with Crippen molar-refractivity contribution in [1.29, 1.82) is 0 Å². The Morgan fingerprint density at radius 2 is 1.87 bits per heavy atom. The standard InChI is InChI=1S/C36H41N7O3/c1-22-28-15-14-24-19-30(43(33(24)39-28)17-8-4-5-10-23-11-6-7-13-27(23)35(44)38-22)34-40-29-18-25(20-31(46-3)32(29)41(34)2)36(45)42-16-9-12-26(37)21-42/h6-7,11,13-15,18-20,22,26H,4-5,8-10,12,16-17,21,37H2,1-3H3,(H,38,44)/t22-,26-/m1/s1. The van der Waals surface area contributed by atoms with E-state index in [0.29, 0.717) is 29.9 Å². The fourth-order valence-corrected chi connectivity index (χ4v) is 7.06. The first-order valence-electron chi connectivity index (χ1n) is 16.3. The molecular formula is C36H41N7O3. The first-order valence-corrected chi connectivity index (χ1v) is 16.3. The molecule has 5 aromatic rings. The molecule has 10 nitrogen and oxygen atoms in total. The quantitative estimate of drug-likeness (QED) is 0.280. The first-order chi connectivity index (χ1) is 22.3. The van der Waals surface area contributed by atoms with E-state index < -0.39 is 0 Å². The van der Waals surface area contributed by atoms with Crippen LogP contribution < -0.4 is 15.8 Å². The van der Waals surface area contributed by atoms with E-state index in [1.54, 1.807) is 7.11 Å². The second-order valence-electron chi connectivity index (χ2n) is 12.7. The number of carbonyl (C=O) groups is 2. The zero-order valence-electron chi connectivity index (χ0n) is 26.8. The number of aryl methyl sites for hydroxylation is 3. The van der Waals surface area contributed by atoms with Gasteiger partial charge in [-0.3, -0.25) is 9.59 Å². The SMILES string of the molecule is COc1cc(C(=O)N2CCC[C@@H](N)C2)cc2nc(-c3cc4ccc5nc4n3CCCCCc3ccccc3C(=O)N[C@@H]5C)n(C)c12. The third-order valence-corrected chi connectivity index (χ3v) is 9.52. The number of hydrogen-bond donors (Lipinski definition) is 2. The van der Waals surface area contributed by atoms with Gasteiger partial charge in [-0.2, -0.15) is 0 Å². The summed E-state index contributed by atoms with van der Waals surface area (Å²) in [4.78, 5) is 38.9. The van der Waals surface area contributed by atoms with E-state index in [4.69, 9.17) is 20.4 Å². The Kier molecular flexibility index (Phi) is 7.98. The number of ether oxygens (including phenoxy) is 1. The number of rotatable bonds is 3. The molecule has 2 aliphatic rings. The summed E-state index contributed by atoms with van der Waals surface area (Å²) >= 11 is 0. The minimum Gasteiger partial charge on any atom is -0.494 e. The number of imidazole rings is 1. The monoisotopic (exact) mass is 619 g/mol. The van der Waals surface area contributed by atoms with Crippen molar-refractivity contribution in [3.63, 3.8) is 0 Å². The lowest BCUT2D eigenvalue weighted by Gasteiger charge is -2.30. The number of carbonyl (C=O) groups excluding carboxylic acids is 2. The van der Waals surface area contributed by atoms with Gasteiger partial charge in [0.1, 0.15) is 16.9 Å². The highest BCUT2D eigenvalue weighted by Crippen LogP contribution is 2.35. The van der Waals surface area contributed by atoms with Crippen LogP contribution in [0, 0.1) is 0 Å². The molecule has 3 N–H and O–H groups in total. The van der Waals surface area contributed by atoms with Crippen molar-refractivity contribution in [1.82, 2.24) is 29.3 Å². The van der Waals surface area contributed by atoms with E-state index >= 15 is 0 Å². The summed E-state index contributed by atoms with van der Waals surface area (Å²) in [6, 6.07) is 17.5. The number of aromatic nitrogens is 4. The summed E-state index contributed by atoms with van der Waals surface area (Å²) in [5, 5.41) is 4.18. The normalized spacial score (nSPS) is 19.2. The van der Waals surface area contributed by atoms with Crippen LogP contribution in [0.25, 0.3) is 33.6 Å². The fourth-order valence-electron chi connectivity index (χ4n) is 7.06. The largest absolute Gasteiger partial charge is 0.494 e. The zero-order valence-corrected chi connectivity index (χ0v) is 26.8. The van der Waals surface area contributed by atoms with Crippen molar-refractivity contribution in [3.8, 4) is 17.3 Å². The van der Waals surface area contributed by atoms with Crippen molar-refractivity contribution in [2.45, 2.75) is 64.1 Å². The number of likely N-dealkylation sites (tertiary alicyclic amines) is 1. The minimum atomic E-state index is -0.273. The number of benzene rings is 2. The van der Waals surface area contributed by atoms with Crippen molar-refractivity contribution >= 4 is 33.9 Å². The van der Waals surface area contributed by atoms with Crippen LogP contribution >= 0.6 is 0 Å². The first kappa shape index (κ1) is 30.0. The van der Waals surface area contributed by atoms with Gasteiger partial charge in [-0.1, -0.05) is 24.6 Å². The average Bonchev–Trinajstić information content (AvgIpc) is 3.59. The average molecular weight is 620 g/mol. The summed E-state index contributed by atoms with van der Waals surface area (Å²) in [6.07, 6.45) is 5.63. The van der Waals surface area contributed by atoms with Crippen LogP contribution in [0.4, 0.5) is 0 Å². The molecule has 2 atom stereocenters. The van der Waals surface area contributed by atoms with E-state index in [1.807, 2.05) is 59.8 Å². The van der Waals surface area contributed by atoms with Gasteiger partial charge in [-0.15, -0.1) is 0 Å². The highest BCUT2D eigenvalue weighted by atomic mass is 16.5. The molecule has 2 aromatic carbocycles. The van der Waals surface area contributed by atoms with E-state index in [-0.39, 0.29) is 23.9 Å². The lowest BCUT2D eigenvalue weighted by molar-refractivity contribution is 0.0708. The summed E-state index contributed by atoms with van der Waals surface area (Å²) in [5.41, 5.74) is 12.7. The summed E-state index contributed by atoms with van der Waals surface area (Å²) in [6.45, 7) is 4.00. The molecule has 1 fully saturated rings. The van der Waals surface area contributed by atoms with E-state index in [2.05, 4.69) is 28.1 Å². The smallest absolute Gasteiger partial charge is 0.254 e. The number of piperidine rings is 1. The maximum Gasteiger partial charge on any atom is 0.254 e. The molecule has 0 spiro atoms. The molecule has 238 valence electrons. The van der Waals surface area contributed by atoms with Gasteiger partial charge in [0.05, 0.1) is 30.1 Å². The van der Waals surface area contributed by atoms with Crippen molar-refractivity contribution in [3.05, 3.63) is 77.0 Å². The number of nitrogens with two attached hydrogens (primary N) is 1. The third kappa shape index (κ3) is 5.40. The summed E-state index contributed by atoms with van der Waals surface area (Å²) in [5.74, 6) is 1.25. The third-order valence-electron chi connectivity index (χ3n) is 9.52. The Balaban J connectivity index is 1.30. The van der Waals surface area contributed by atoms with Crippen LogP contribution in [-0.4, -0.2) is 62.1 Å². The van der Waals surface area contributed by atoms with E-state index in [1.165, 1.54) is 0 Å². The predicted octanol–water partition coefficient (Wildman–Crippen LogP) is 5.38. The molecule has 0 saturated carbocycles. The number of nitrogens with zero attached hydrogens (tertiary/aromatic N) is 5. The number of amides is 2. The Morgan fingerprint density at radius 1 is 1.02 bits per heavy atom. The maximum atomic E-state index is 13.5. The Labute approximate surface area is 268 Å². The maximum absolute atomic E-state index is 13.5. The number of pyridine rings is 1. The lowest BCUT2D eigenvalue weighted by Crippen LogP contribution is -2.45. The van der Waals surface area contributed by atoms with Crippen LogP contribution in [0.2, 0.25) is 0 Å². The summed E-state index contributed by atoms with van der Waals surface area (Å²) in [7, 11) is 3.61. The van der Waals surface area contributed by atoms with Gasteiger partial charge in [0, 0.05) is 49.2 Å². The van der Waals surface area contributed by atoms with Gasteiger partial charge in [0.25, 0.3) is 11.8 Å². The van der Waals surface area contributed by atoms with Crippen LogP contribution in [0.1, 0.15) is 77.0 Å². The van der Waals surface area contributed by atoms with Gasteiger partial charge in [0.15, 0.2) is 5.82 Å². The van der Waals surface area contributed by atoms with Crippen LogP contribution in [0.3, 0.4) is 0 Å². The lowest BCUT2D eigenvalue weighted by atomic mass is 10.00. The van der Waals surface area contributed by atoms with E-state index in [0.717, 1.165) is 90.0 Å². The van der Waals surface area contributed by atoms with E-state index in [9.17, 15) is 9.59 Å². The highest BCUT2D eigenvalue weighted by Gasteiger charge is 2.26. The molecule has 0 aliphatic carbocycles.